The lowest BCUT2D eigenvalue weighted by atomic mass is 10.0. The fourth-order valence-corrected chi connectivity index (χ4v) is 3.54. The van der Waals surface area contributed by atoms with Crippen LogP contribution in [0.4, 0.5) is 11.5 Å². The molecule has 2 aromatic carbocycles. The minimum absolute atomic E-state index is 0.159. The van der Waals surface area contributed by atoms with Gasteiger partial charge < -0.3 is 25.0 Å². The topological polar surface area (TPSA) is 88.6 Å². The summed E-state index contributed by atoms with van der Waals surface area (Å²) in [6.07, 6.45) is 3.59. The Bertz CT molecular complexity index is 1080. The summed E-state index contributed by atoms with van der Waals surface area (Å²) in [7, 11) is 7.25. The van der Waals surface area contributed by atoms with E-state index < -0.39 is 0 Å². The molecule has 1 unspecified atom stereocenters. The molecule has 0 fully saturated rings. The first-order chi connectivity index (χ1) is 15.5. The lowest BCUT2D eigenvalue weighted by Gasteiger charge is -2.25. The maximum absolute atomic E-state index is 11.4. The third-order valence-corrected chi connectivity index (χ3v) is 5.22. The van der Waals surface area contributed by atoms with Crippen molar-refractivity contribution in [2.75, 3.05) is 40.2 Å². The summed E-state index contributed by atoms with van der Waals surface area (Å²) in [5, 5.41) is 7.04. The van der Waals surface area contributed by atoms with Crippen molar-refractivity contribution in [1.29, 1.82) is 0 Å². The normalized spacial score (nSPS) is 11.8. The molecule has 0 aliphatic heterocycles. The minimum atomic E-state index is -0.159. The maximum Gasteiger partial charge on any atom is 0.243 e. The summed E-state index contributed by atoms with van der Waals surface area (Å²) in [4.78, 5) is 22.3. The van der Waals surface area contributed by atoms with Gasteiger partial charge in [-0.25, -0.2) is 9.97 Å². The minimum Gasteiger partial charge on any atom is -0.493 e. The first-order valence-electron chi connectivity index (χ1n) is 10.3. The summed E-state index contributed by atoms with van der Waals surface area (Å²) in [5.41, 5.74) is 2.82. The number of aromatic nitrogens is 2. The van der Waals surface area contributed by atoms with E-state index in [0.717, 1.165) is 28.6 Å². The molecule has 1 aromatic heterocycles. The van der Waals surface area contributed by atoms with E-state index in [1.807, 2.05) is 38.4 Å². The van der Waals surface area contributed by atoms with Crippen LogP contribution in [0.15, 0.2) is 55.4 Å². The molecule has 1 heterocycles. The van der Waals surface area contributed by atoms with E-state index in [1.165, 1.54) is 12.4 Å². The fraction of sp³-hybridized carbons (Fsp3) is 0.292. The molecule has 8 nitrogen and oxygen atoms in total. The largest absolute Gasteiger partial charge is 0.493 e. The van der Waals surface area contributed by atoms with Gasteiger partial charge in [0.2, 0.25) is 5.91 Å². The molecular weight excluding hydrogens is 406 g/mol. The number of methoxy groups -OCH3 is 2. The van der Waals surface area contributed by atoms with Gasteiger partial charge in [0.05, 0.1) is 19.7 Å². The second-order valence-corrected chi connectivity index (χ2v) is 7.46. The third kappa shape index (κ3) is 5.33. The predicted octanol–water partition coefficient (Wildman–Crippen LogP) is 3.69. The van der Waals surface area contributed by atoms with Crippen molar-refractivity contribution in [2.45, 2.75) is 12.5 Å². The average molecular weight is 436 g/mol. The van der Waals surface area contributed by atoms with Crippen molar-refractivity contribution in [3.8, 4) is 11.5 Å². The van der Waals surface area contributed by atoms with Crippen LogP contribution in [0.3, 0.4) is 0 Å². The van der Waals surface area contributed by atoms with Crippen molar-refractivity contribution >= 4 is 28.3 Å². The number of fused-ring (bicyclic) bond motifs is 1. The molecule has 0 aliphatic rings. The van der Waals surface area contributed by atoms with Gasteiger partial charge in [-0.05, 0) is 50.4 Å². The van der Waals surface area contributed by atoms with Crippen LogP contribution in [0, 0.1) is 0 Å². The van der Waals surface area contributed by atoms with E-state index in [4.69, 9.17) is 9.47 Å². The van der Waals surface area contributed by atoms with Crippen molar-refractivity contribution in [3.63, 3.8) is 0 Å². The smallest absolute Gasteiger partial charge is 0.243 e. The number of carbonyl (C=O) groups excluding carboxylic acids is 1. The highest BCUT2D eigenvalue weighted by Gasteiger charge is 2.15. The van der Waals surface area contributed by atoms with Crippen LogP contribution in [0.25, 0.3) is 10.9 Å². The Morgan fingerprint density at radius 3 is 2.44 bits per heavy atom. The van der Waals surface area contributed by atoms with Crippen LogP contribution >= 0.6 is 0 Å². The van der Waals surface area contributed by atoms with E-state index in [9.17, 15) is 4.79 Å². The quantitative estimate of drug-likeness (QED) is 0.470. The van der Waals surface area contributed by atoms with Crippen LogP contribution in [-0.4, -0.2) is 55.6 Å². The Hall–Kier alpha value is -3.65. The average Bonchev–Trinajstić information content (AvgIpc) is 2.81. The maximum atomic E-state index is 11.4. The number of carbonyl (C=O) groups is 1. The third-order valence-electron chi connectivity index (χ3n) is 5.22. The Morgan fingerprint density at radius 1 is 1.12 bits per heavy atom. The number of benzene rings is 2. The van der Waals surface area contributed by atoms with Crippen molar-refractivity contribution < 1.29 is 14.3 Å². The molecule has 1 amide bonds. The molecular formula is C24H29N5O3. The number of rotatable bonds is 10. The molecule has 0 saturated heterocycles. The number of hydrogen-bond donors (Lipinski definition) is 2. The molecule has 0 bridgehead atoms. The van der Waals surface area contributed by atoms with E-state index in [-0.39, 0.29) is 11.9 Å². The van der Waals surface area contributed by atoms with E-state index in [2.05, 4.69) is 44.2 Å². The molecule has 32 heavy (non-hydrogen) atoms. The van der Waals surface area contributed by atoms with Gasteiger partial charge in [-0.15, -0.1) is 0 Å². The Balaban J connectivity index is 1.79. The highest BCUT2D eigenvalue weighted by Crippen LogP contribution is 2.34. The van der Waals surface area contributed by atoms with Gasteiger partial charge in [0, 0.05) is 29.7 Å². The first-order valence-corrected chi connectivity index (χ1v) is 10.3. The van der Waals surface area contributed by atoms with Gasteiger partial charge in [0.1, 0.15) is 12.1 Å². The van der Waals surface area contributed by atoms with E-state index >= 15 is 0 Å². The zero-order chi connectivity index (χ0) is 23.1. The molecule has 0 saturated carbocycles. The first kappa shape index (κ1) is 23.0. The summed E-state index contributed by atoms with van der Waals surface area (Å²) in [6.45, 7) is 4.06. The standard InChI is InChI=1S/C24H29N5O3/c1-6-23(30)25-12-11-20(29(2)3)16-7-9-17(10-8-16)28-24-18-13-21(31-4)22(32-5)14-19(18)26-15-27-24/h6-10,13-15,20H,1,11-12H2,2-5H3,(H,25,30)(H,26,27,28). The van der Waals surface area contributed by atoms with Gasteiger partial charge in [-0.2, -0.15) is 0 Å². The Morgan fingerprint density at radius 2 is 1.81 bits per heavy atom. The molecule has 0 aliphatic carbocycles. The molecule has 3 aromatic rings. The van der Waals surface area contributed by atoms with Crippen LogP contribution in [0.2, 0.25) is 0 Å². The predicted molar refractivity (Wildman–Crippen MR) is 127 cm³/mol. The summed E-state index contributed by atoms with van der Waals surface area (Å²) >= 11 is 0. The summed E-state index contributed by atoms with van der Waals surface area (Å²) in [5.74, 6) is 1.76. The molecule has 8 heteroatoms. The molecule has 2 N–H and O–H groups in total. The van der Waals surface area contributed by atoms with Gasteiger partial charge in [0.25, 0.3) is 0 Å². The lowest BCUT2D eigenvalue weighted by molar-refractivity contribution is -0.116. The zero-order valence-electron chi connectivity index (χ0n) is 18.9. The molecule has 1 atom stereocenters. The Kier molecular flexibility index (Phi) is 7.62. The van der Waals surface area contributed by atoms with Crippen LogP contribution in [-0.2, 0) is 4.79 Å². The van der Waals surface area contributed by atoms with Crippen molar-refractivity contribution in [2.24, 2.45) is 0 Å². The Labute approximate surface area is 188 Å². The van der Waals surface area contributed by atoms with Gasteiger partial charge in [0.15, 0.2) is 11.5 Å². The number of hydrogen-bond acceptors (Lipinski definition) is 7. The molecule has 3 rings (SSSR count). The fourth-order valence-electron chi connectivity index (χ4n) is 3.54. The molecule has 0 radical (unpaired) electrons. The number of nitrogens with zero attached hydrogens (tertiary/aromatic N) is 3. The second-order valence-electron chi connectivity index (χ2n) is 7.46. The second kappa shape index (κ2) is 10.6. The number of ether oxygens (including phenoxy) is 2. The number of anilines is 2. The zero-order valence-corrected chi connectivity index (χ0v) is 18.9. The van der Waals surface area contributed by atoms with Crippen LogP contribution in [0.5, 0.6) is 11.5 Å². The van der Waals surface area contributed by atoms with Crippen LogP contribution < -0.4 is 20.1 Å². The van der Waals surface area contributed by atoms with Gasteiger partial charge in [-0.1, -0.05) is 18.7 Å². The highest BCUT2D eigenvalue weighted by molar-refractivity contribution is 5.93. The number of nitrogens with one attached hydrogen (secondary N) is 2. The van der Waals surface area contributed by atoms with E-state index in [1.54, 1.807) is 14.2 Å². The van der Waals surface area contributed by atoms with Crippen molar-refractivity contribution in [1.82, 2.24) is 20.2 Å². The van der Waals surface area contributed by atoms with Crippen molar-refractivity contribution in [3.05, 3.63) is 60.9 Å². The van der Waals surface area contributed by atoms with Crippen LogP contribution in [0.1, 0.15) is 18.0 Å². The number of amides is 1. The highest BCUT2D eigenvalue weighted by atomic mass is 16.5. The summed E-state index contributed by atoms with van der Waals surface area (Å²) < 4.78 is 10.8. The van der Waals surface area contributed by atoms with Gasteiger partial charge >= 0.3 is 0 Å². The lowest BCUT2D eigenvalue weighted by Crippen LogP contribution is -2.28. The summed E-state index contributed by atoms with van der Waals surface area (Å²) in [6, 6.07) is 12.1. The molecule has 168 valence electrons. The monoisotopic (exact) mass is 435 g/mol. The molecule has 0 spiro atoms. The van der Waals surface area contributed by atoms with E-state index in [0.29, 0.717) is 23.9 Å². The van der Waals surface area contributed by atoms with Gasteiger partial charge in [-0.3, -0.25) is 4.79 Å². The SMILES string of the molecule is C=CC(=O)NCCC(c1ccc(Nc2ncnc3cc(OC)c(OC)cc23)cc1)N(C)C.